The van der Waals surface area contributed by atoms with Crippen LogP contribution in [0, 0.1) is 0 Å². The van der Waals surface area contributed by atoms with Gasteiger partial charge in [-0.05, 0) is 38.5 Å². The first-order chi connectivity index (χ1) is 23.0. The van der Waals surface area contributed by atoms with Crippen molar-refractivity contribution in [2.24, 2.45) is 0 Å². The van der Waals surface area contributed by atoms with Crippen LogP contribution < -0.4 is 5.32 Å². The molecule has 3 unspecified atom stereocenters. The molecular weight excluding hydrogens is 623 g/mol. The van der Waals surface area contributed by atoms with Crippen molar-refractivity contribution >= 4 is 13.7 Å². The third kappa shape index (κ3) is 33.7. The van der Waals surface area contributed by atoms with Crippen molar-refractivity contribution in [3.05, 3.63) is 12.2 Å². The number of nitrogens with one attached hydrogen (secondary N) is 1. The molecule has 3 N–H and O–H groups in total. The molecule has 0 heterocycles. The normalized spacial score (nSPS) is 14.7. The van der Waals surface area contributed by atoms with E-state index in [0.717, 1.165) is 51.4 Å². The Morgan fingerprint density at radius 3 is 1.60 bits per heavy atom. The summed E-state index contributed by atoms with van der Waals surface area (Å²) < 4.78 is 23.5. The second-order valence-corrected chi connectivity index (χ2v) is 16.5. The Kier molecular flexibility index (Phi) is 31.7. The number of hydrogen-bond acceptors (Lipinski definition) is 5. The van der Waals surface area contributed by atoms with E-state index in [4.69, 9.17) is 9.05 Å². The molecular formula is C39H80N2O6P+. The van der Waals surface area contributed by atoms with E-state index < -0.39 is 20.0 Å². The Balaban J connectivity index is 4.45. The first-order valence-corrected chi connectivity index (χ1v) is 21.5. The molecule has 0 aromatic heterocycles. The van der Waals surface area contributed by atoms with Gasteiger partial charge in [-0.25, -0.2) is 4.57 Å². The second kappa shape index (κ2) is 32.2. The van der Waals surface area contributed by atoms with Crippen molar-refractivity contribution in [2.45, 2.75) is 193 Å². The lowest BCUT2D eigenvalue weighted by Crippen LogP contribution is -2.46. The van der Waals surface area contributed by atoms with Crippen molar-refractivity contribution in [2.75, 3.05) is 40.9 Å². The summed E-state index contributed by atoms with van der Waals surface area (Å²) in [5, 5.41) is 13.9. The van der Waals surface area contributed by atoms with E-state index in [1.807, 2.05) is 21.1 Å². The van der Waals surface area contributed by atoms with Gasteiger partial charge in [0.1, 0.15) is 13.2 Å². The largest absolute Gasteiger partial charge is 0.472 e. The molecule has 286 valence electrons. The molecule has 0 bridgehead atoms. The molecule has 0 aromatic rings. The number of phosphoric ester groups is 1. The van der Waals surface area contributed by atoms with Crippen LogP contribution >= 0.6 is 7.82 Å². The first-order valence-electron chi connectivity index (χ1n) is 20.1. The summed E-state index contributed by atoms with van der Waals surface area (Å²) in [6.45, 7) is 4.85. The maximum atomic E-state index is 12.8. The minimum Gasteiger partial charge on any atom is -0.391 e. The van der Waals surface area contributed by atoms with E-state index in [-0.39, 0.29) is 19.1 Å². The number of quaternary nitrogens is 1. The zero-order valence-corrected chi connectivity index (χ0v) is 33.1. The average Bonchev–Trinajstić information content (AvgIpc) is 3.02. The number of aliphatic hydroxyl groups excluding tert-OH is 1. The van der Waals surface area contributed by atoms with Crippen LogP contribution in [0.5, 0.6) is 0 Å². The van der Waals surface area contributed by atoms with Gasteiger partial charge in [0.2, 0.25) is 5.91 Å². The third-order valence-electron chi connectivity index (χ3n) is 9.01. The lowest BCUT2D eigenvalue weighted by molar-refractivity contribution is -0.870. The average molecular weight is 704 g/mol. The van der Waals surface area contributed by atoms with Gasteiger partial charge >= 0.3 is 7.82 Å². The van der Waals surface area contributed by atoms with Gasteiger partial charge in [-0.2, -0.15) is 0 Å². The van der Waals surface area contributed by atoms with Gasteiger partial charge in [0.25, 0.3) is 0 Å². The standard InChI is InChI=1S/C39H79N2O6P/c1-6-8-10-12-14-16-18-20-21-23-25-27-29-31-33-39(43)40-37(36-47-48(44,45)46-35-34-41(3,4)5)38(42)32-30-28-26-24-22-19-17-15-13-11-9-7-2/h18,20,37-38,42H,6-17,19,21-36H2,1-5H3,(H-,40,43,44,45)/p+1/b20-18-. The number of likely N-dealkylation sites (N-methyl/N-ethyl adjacent to an activating group) is 1. The summed E-state index contributed by atoms with van der Waals surface area (Å²) >= 11 is 0. The monoisotopic (exact) mass is 704 g/mol. The molecule has 0 aromatic carbocycles. The Morgan fingerprint density at radius 1 is 0.688 bits per heavy atom. The Bertz CT molecular complexity index is 804. The molecule has 0 aliphatic rings. The van der Waals surface area contributed by atoms with Gasteiger partial charge in [-0.15, -0.1) is 0 Å². The quantitative estimate of drug-likeness (QED) is 0.0260. The van der Waals surface area contributed by atoms with Crippen molar-refractivity contribution in [1.82, 2.24) is 5.32 Å². The molecule has 0 aliphatic carbocycles. The smallest absolute Gasteiger partial charge is 0.391 e. The highest BCUT2D eigenvalue weighted by Gasteiger charge is 2.28. The molecule has 0 rings (SSSR count). The number of carbonyl (C=O) groups is 1. The van der Waals surface area contributed by atoms with Crippen LogP contribution in [-0.2, 0) is 18.4 Å². The highest BCUT2D eigenvalue weighted by Crippen LogP contribution is 2.43. The predicted molar refractivity (Wildman–Crippen MR) is 203 cm³/mol. The predicted octanol–water partition coefficient (Wildman–Crippen LogP) is 10.4. The minimum absolute atomic E-state index is 0.0745. The van der Waals surface area contributed by atoms with Crippen LogP contribution in [0.1, 0.15) is 181 Å². The van der Waals surface area contributed by atoms with E-state index >= 15 is 0 Å². The van der Waals surface area contributed by atoms with Gasteiger partial charge in [-0.1, -0.05) is 148 Å². The fraction of sp³-hybridized carbons (Fsp3) is 0.923. The second-order valence-electron chi connectivity index (χ2n) is 15.0. The van der Waals surface area contributed by atoms with E-state index in [2.05, 4.69) is 31.3 Å². The molecule has 48 heavy (non-hydrogen) atoms. The molecule has 0 saturated carbocycles. The molecule has 3 atom stereocenters. The maximum absolute atomic E-state index is 12.8. The van der Waals surface area contributed by atoms with Gasteiger partial charge in [0.05, 0.1) is 39.9 Å². The molecule has 0 saturated heterocycles. The third-order valence-corrected chi connectivity index (χ3v) is 10.00. The number of unbranched alkanes of at least 4 members (excludes halogenated alkanes) is 21. The van der Waals surface area contributed by atoms with Crippen LogP contribution in [-0.4, -0.2) is 73.4 Å². The zero-order valence-electron chi connectivity index (χ0n) is 32.2. The summed E-state index contributed by atoms with van der Waals surface area (Å²) in [6.07, 6.45) is 33.7. The molecule has 8 nitrogen and oxygen atoms in total. The fourth-order valence-corrected chi connectivity index (χ4v) is 6.48. The number of carbonyl (C=O) groups excluding carboxylic acids is 1. The summed E-state index contributed by atoms with van der Waals surface area (Å²) in [7, 11) is 1.61. The molecule has 0 radical (unpaired) electrons. The number of rotatable bonds is 36. The lowest BCUT2D eigenvalue weighted by atomic mass is 10.0. The zero-order chi connectivity index (χ0) is 35.8. The van der Waals surface area contributed by atoms with Gasteiger partial charge in [0, 0.05) is 6.42 Å². The van der Waals surface area contributed by atoms with Gasteiger partial charge in [-0.3, -0.25) is 13.8 Å². The van der Waals surface area contributed by atoms with Crippen LogP contribution in [0.2, 0.25) is 0 Å². The molecule has 0 aliphatic heterocycles. The lowest BCUT2D eigenvalue weighted by Gasteiger charge is -2.26. The van der Waals surface area contributed by atoms with Crippen molar-refractivity contribution in [1.29, 1.82) is 0 Å². The number of nitrogens with zero attached hydrogens (tertiary/aromatic N) is 1. The summed E-state index contributed by atoms with van der Waals surface area (Å²) in [5.41, 5.74) is 0. The number of hydrogen-bond donors (Lipinski definition) is 3. The van der Waals surface area contributed by atoms with Gasteiger partial charge < -0.3 is 19.8 Å². The number of amides is 1. The van der Waals surface area contributed by atoms with E-state index in [1.54, 1.807) is 0 Å². The van der Waals surface area contributed by atoms with Crippen molar-refractivity contribution in [3.8, 4) is 0 Å². The SMILES string of the molecule is CCCCCCC/C=C\CCCCCCCC(=O)NC(COP(=O)(O)OCC[N+](C)(C)C)C(O)CCCCCCCCCCCCCC. The van der Waals surface area contributed by atoms with E-state index in [0.29, 0.717) is 23.9 Å². The number of allylic oxidation sites excluding steroid dienone is 2. The molecule has 0 fully saturated rings. The summed E-state index contributed by atoms with van der Waals surface area (Å²) in [4.78, 5) is 23.0. The van der Waals surface area contributed by atoms with Crippen LogP contribution in [0.3, 0.4) is 0 Å². The Morgan fingerprint density at radius 2 is 1.12 bits per heavy atom. The topological polar surface area (TPSA) is 105 Å². The first kappa shape index (κ1) is 47.2. The van der Waals surface area contributed by atoms with Gasteiger partial charge in [0.15, 0.2) is 0 Å². The molecule has 1 amide bonds. The van der Waals surface area contributed by atoms with Crippen LogP contribution in [0.25, 0.3) is 0 Å². The summed E-state index contributed by atoms with van der Waals surface area (Å²) in [6, 6.07) is -0.758. The van der Waals surface area contributed by atoms with Crippen LogP contribution in [0.15, 0.2) is 12.2 Å². The maximum Gasteiger partial charge on any atom is 0.472 e. The number of aliphatic hydroxyl groups is 1. The number of phosphoric acid groups is 1. The van der Waals surface area contributed by atoms with Crippen LogP contribution in [0.4, 0.5) is 0 Å². The highest BCUT2D eigenvalue weighted by atomic mass is 31.2. The highest BCUT2D eigenvalue weighted by molar-refractivity contribution is 7.47. The Labute approximate surface area is 297 Å². The van der Waals surface area contributed by atoms with E-state index in [1.165, 1.54) is 103 Å². The van der Waals surface area contributed by atoms with Crippen molar-refractivity contribution < 1.29 is 32.9 Å². The van der Waals surface area contributed by atoms with E-state index in [9.17, 15) is 19.4 Å². The molecule has 0 spiro atoms. The minimum atomic E-state index is -4.30. The summed E-state index contributed by atoms with van der Waals surface area (Å²) in [5.74, 6) is -0.155. The molecule has 9 heteroatoms. The fourth-order valence-electron chi connectivity index (χ4n) is 5.74. The Hall–Kier alpha value is -0.760. The van der Waals surface area contributed by atoms with Crippen molar-refractivity contribution in [3.63, 3.8) is 0 Å².